The van der Waals surface area contributed by atoms with Crippen molar-refractivity contribution >= 4 is 11.4 Å². The highest BCUT2D eigenvalue weighted by Gasteiger charge is 2.14. The van der Waals surface area contributed by atoms with Gasteiger partial charge in [-0.05, 0) is 43.0 Å². The largest absolute Gasteiger partial charge is 0.399 e. The second-order valence-corrected chi connectivity index (χ2v) is 5.19. The maximum absolute atomic E-state index is 5.78. The first-order valence-corrected chi connectivity index (χ1v) is 7.04. The smallest absolute Gasteiger partial charge is 0.0445 e. The summed E-state index contributed by atoms with van der Waals surface area (Å²) in [6.07, 6.45) is 3.96. The molecule has 0 unspecified atom stereocenters. The molecule has 2 nitrogen and oxygen atoms in total. The van der Waals surface area contributed by atoms with E-state index in [9.17, 15) is 0 Å². The number of hydrogen-bond donors (Lipinski definition) is 1. The van der Waals surface area contributed by atoms with Gasteiger partial charge in [-0.3, -0.25) is 0 Å². The number of para-hydroxylation sites is 1. The van der Waals surface area contributed by atoms with Crippen LogP contribution in [0.15, 0.2) is 48.5 Å². The molecule has 98 valence electrons. The van der Waals surface area contributed by atoms with Crippen molar-refractivity contribution in [1.82, 2.24) is 0 Å². The van der Waals surface area contributed by atoms with Gasteiger partial charge in [0.2, 0.25) is 0 Å². The van der Waals surface area contributed by atoms with Gasteiger partial charge in [-0.2, -0.15) is 0 Å². The summed E-state index contributed by atoms with van der Waals surface area (Å²) in [6.45, 7) is 2.35. The van der Waals surface area contributed by atoms with Gasteiger partial charge >= 0.3 is 0 Å². The van der Waals surface area contributed by atoms with Crippen molar-refractivity contribution < 1.29 is 0 Å². The van der Waals surface area contributed by atoms with Crippen molar-refractivity contribution in [3.63, 3.8) is 0 Å². The number of hydrogen-bond acceptors (Lipinski definition) is 2. The number of nitrogens with two attached hydrogens (primary N) is 1. The van der Waals surface area contributed by atoms with Gasteiger partial charge in [0.05, 0.1) is 0 Å². The van der Waals surface area contributed by atoms with Crippen molar-refractivity contribution in [3.05, 3.63) is 48.5 Å². The molecule has 0 saturated carbocycles. The van der Waals surface area contributed by atoms with Crippen LogP contribution in [0, 0.1) is 0 Å². The minimum Gasteiger partial charge on any atom is -0.399 e. The fraction of sp³-hybridized carbons (Fsp3) is 0.294. The van der Waals surface area contributed by atoms with Crippen molar-refractivity contribution in [2.45, 2.75) is 19.3 Å². The minimum absolute atomic E-state index is 0.819. The molecule has 0 radical (unpaired) electrons. The molecule has 1 fully saturated rings. The molecule has 0 atom stereocenters. The third-order valence-electron chi connectivity index (χ3n) is 3.82. The SMILES string of the molecule is Nc1ccc(-c2ccccc2N2CCCCC2)cc1. The Hall–Kier alpha value is -1.96. The quantitative estimate of drug-likeness (QED) is 0.821. The molecular weight excluding hydrogens is 232 g/mol. The number of nitrogens with zero attached hydrogens (tertiary/aromatic N) is 1. The van der Waals surface area contributed by atoms with E-state index < -0.39 is 0 Å². The highest BCUT2D eigenvalue weighted by Crippen LogP contribution is 2.32. The molecule has 2 aromatic rings. The van der Waals surface area contributed by atoms with E-state index in [1.165, 1.54) is 49.2 Å². The van der Waals surface area contributed by atoms with Crippen LogP contribution in [0.3, 0.4) is 0 Å². The predicted molar refractivity (Wildman–Crippen MR) is 82.4 cm³/mol. The van der Waals surface area contributed by atoms with Crippen LogP contribution < -0.4 is 10.6 Å². The molecule has 1 aliphatic rings. The summed E-state index contributed by atoms with van der Waals surface area (Å²) in [5, 5.41) is 0. The van der Waals surface area contributed by atoms with Gasteiger partial charge in [-0.25, -0.2) is 0 Å². The maximum Gasteiger partial charge on any atom is 0.0445 e. The molecule has 0 aliphatic carbocycles. The van der Waals surface area contributed by atoms with Crippen molar-refractivity contribution in [2.24, 2.45) is 0 Å². The number of benzene rings is 2. The van der Waals surface area contributed by atoms with Crippen LogP contribution in [0.4, 0.5) is 11.4 Å². The standard InChI is InChI=1S/C17H20N2/c18-15-10-8-14(9-11-15)16-6-2-3-7-17(16)19-12-4-1-5-13-19/h2-3,6-11H,1,4-5,12-13,18H2. The normalized spacial score (nSPS) is 15.5. The monoisotopic (exact) mass is 252 g/mol. The van der Waals surface area contributed by atoms with E-state index in [0.29, 0.717) is 0 Å². The molecule has 0 spiro atoms. The fourth-order valence-electron chi connectivity index (χ4n) is 2.79. The Kier molecular flexibility index (Phi) is 3.41. The van der Waals surface area contributed by atoms with Gasteiger partial charge < -0.3 is 10.6 Å². The first kappa shape index (κ1) is 12.1. The lowest BCUT2D eigenvalue weighted by Crippen LogP contribution is -2.29. The lowest BCUT2D eigenvalue weighted by molar-refractivity contribution is 0.578. The lowest BCUT2D eigenvalue weighted by Gasteiger charge is -2.30. The Balaban J connectivity index is 1.98. The van der Waals surface area contributed by atoms with Crippen LogP contribution in [0.1, 0.15) is 19.3 Å². The van der Waals surface area contributed by atoms with Crippen LogP contribution in [-0.4, -0.2) is 13.1 Å². The van der Waals surface area contributed by atoms with Crippen LogP contribution >= 0.6 is 0 Å². The minimum atomic E-state index is 0.819. The van der Waals surface area contributed by atoms with Crippen LogP contribution in [0.2, 0.25) is 0 Å². The zero-order valence-electron chi connectivity index (χ0n) is 11.2. The van der Waals surface area contributed by atoms with Gasteiger partial charge in [0.15, 0.2) is 0 Å². The predicted octanol–water partition coefficient (Wildman–Crippen LogP) is 3.93. The van der Waals surface area contributed by atoms with E-state index in [2.05, 4.69) is 41.3 Å². The number of piperidine rings is 1. The molecule has 1 saturated heterocycles. The summed E-state index contributed by atoms with van der Waals surface area (Å²) < 4.78 is 0. The summed E-state index contributed by atoms with van der Waals surface area (Å²) in [7, 11) is 0. The molecule has 0 bridgehead atoms. The van der Waals surface area contributed by atoms with Gasteiger partial charge in [-0.1, -0.05) is 30.3 Å². The molecule has 19 heavy (non-hydrogen) atoms. The molecule has 0 aromatic heterocycles. The van der Waals surface area contributed by atoms with Gasteiger partial charge in [-0.15, -0.1) is 0 Å². The zero-order valence-corrected chi connectivity index (χ0v) is 11.2. The Morgan fingerprint density at radius 2 is 1.47 bits per heavy atom. The summed E-state index contributed by atoms with van der Waals surface area (Å²) in [5.41, 5.74) is 10.5. The van der Waals surface area contributed by atoms with Crippen LogP contribution in [0.5, 0.6) is 0 Å². The highest BCUT2D eigenvalue weighted by atomic mass is 15.1. The van der Waals surface area contributed by atoms with Crippen molar-refractivity contribution in [3.8, 4) is 11.1 Å². The molecule has 1 aliphatic heterocycles. The van der Waals surface area contributed by atoms with E-state index in [1.54, 1.807) is 0 Å². The Morgan fingerprint density at radius 1 is 0.789 bits per heavy atom. The Morgan fingerprint density at radius 3 is 2.21 bits per heavy atom. The van der Waals surface area contributed by atoms with E-state index in [0.717, 1.165) is 5.69 Å². The number of nitrogen functional groups attached to an aromatic ring is 1. The average molecular weight is 252 g/mol. The van der Waals surface area contributed by atoms with E-state index >= 15 is 0 Å². The third kappa shape index (κ3) is 2.58. The second kappa shape index (κ2) is 5.35. The number of anilines is 2. The molecule has 1 heterocycles. The fourth-order valence-corrected chi connectivity index (χ4v) is 2.79. The number of rotatable bonds is 2. The van der Waals surface area contributed by atoms with Gasteiger partial charge in [0.1, 0.15) is 0 Å². The lowest BCUT2D eigenvalue weighted by atomic mass is 10.0. The highest BCUT2D eigenvalue weighted by molar-refractivity contribution is 5.79. The molecular formula is C17H20N2. The summed E-state index contributed by atoms with van der Waals surface area (Å²) in [4.78, 5) is 2.51. The summed E-state index contributed by atoms with van der Waals surface area (Å²) in [5.74, 6) is 0. The molecule has 2 N–H and O–H groups in total. The average Bonchev–Trinajstić information content (AvgIpc) is 2.49. The third-order valence-corrected chi connectivity index (χ3v) is 3.82. The van der Waals surface area contributed by atoms with Gasteiger partial charge in [0.25, 0.3) is 0 Å². The zero-order chi connectivity index (χ0) is 13.1. The second-order valence-electron chi connectivity index (χ2n) is 5.19. The Bertz CT molecular complexity index is 539. The van der Waals surface area contributed by atoms with E-state index in [4.69, 9.17) is 5.73 Å². The Labute approximate surface area is 114 Å². The van der Waals surface area contributed by atoms with Gasteiger partial charge in [0, 0.05) is 30.0 Å². The topological polar surface area (TPSA) is 29.3 Å². The molecule has 0 amide bonds. The molecule has 2 heteroatoms. The summed E-state index contributed by atoms with van der Waals surface area (Å²) in [6, 6.07) is 16.8. The van der Waals surface area contributed by atoms with E-state index in [-0.39, 0.29) is 0 Å². The van der Waals surface area contributed by atoms with E-state index in [1.807, 2.05) is 12.1 Å². The van der Waals surface area contributed by atoms with Crippen LogP contribution in [0.25, 0.3) is 11.1 Å². The first-order chi connectivity index (χ1) is 9.34. The maximum atomic E-state index is 5.78. The molecule has 3 rings (SSSR count). The van der Waals surface area contributed by atoms with Crippen molar-refractivity contribution in [2.75, 3.05) is 23.7 Å². The first-order valence-electron chi connectivity index (χ1n) is 7.04. The summed E-state index contributed by atoms with van der Waals surface area (Å²) >= 11 is 0. The van der Waals surface area contributed by atoms with Crippen molar-refractivity contribution in [1.29, 1.82) is 0 Å². The van der Waals surface area contributed by atoms with Crippen LogP contribution in [-0.2, 0) is 0 Å². The molecule has 2 aromatic carbocycles.